The van der Waals surface area contributed by atoms with E-state index in [0.29, 0.717) is 0 Å². The van der Waals surface area contributed by atoms with E-state index in [0.717, 1.165) is 5.56 Å². The molecular formula is C15H21NO6. The van der Waals surface area contributed by atoms with Crippen LogP contribution in [0.3, 0.4) is 0 Å². The van der Waals surface area contributed by atoms with Crippen molar-refractivity contribution in [2.45, 2.75) is 44.2 Å². The average Bonchev–Trinajstić information content (AvgIpc) is 2.52. The minimum absolute atomic E-state index is 0.211. The fourth-order valence-electron chi connectivity index (χ4n) is 2.37. The Hall–Kier alpha value is -1.51. The van der Waals surface area contributed by atoms with Crippen LogP contribution in [0.5, 0.6) is 0 Å². The Balaban J connectivity index is 2.07. The molecule has 7 heteroatoms. The Morgan fingerprint density at radius 2 is 1.95 bits per heavy atom. The lowest BCUT2D eigenvalue weighted by Crippen LogP contribution is -2.64. The molecule has 1 aliphatic heterocycles. The van der Waals surface area contributed by atoms with E-state index in [1.165, 1.54) is 6.92 Å². The maximum absolute atomic E-state index is 11.3. The number of benzene rings is 1. The van der Waals surface area contributed by atoms with Gasteiger partial charge in [-0.25, -0.2) is 0 Å². The first-order valence-electron chi connectivity index (χ1n) is 7.08. The lowest BCUT2D eigenvalue weighted by atomic mass is 9.97. The predicted octanol–water partition coefficient (Wildman–Crippen LogP) is -0.853. The second kappa shape index (κ2) is 7.66. The number of nitrogens with one attached hydrogen (secondary N) is 1. The van der Waals surface area contributed by atoms with Crippen LogP contribution in [0.1, 0.15) is 12.5 Å². The summed E-state index contributed by atoms with van der Waals surface area (Å²) in [6, 6.07) is 8.42. The van der Waals surface area contributed by atoms with Crippen molar-refractivity contribution in [2.24, 2.45) is 0 Å². The van der Waals surface area contributed by atoms with Crippen molar-refractivity contribution < 1.29 is 29.6 Å². The molecule has 0 spiro atoms. The molecule has 1 heterocycles. The molecule has 1 aromatic carbocycles. The van der Waals surface area contributed by atoms with Crippen molar-refractivity contribution in [3.8, 4) is 0 Å². The Labute approximate surface area is 128 Å². The topological polar surface area (TPSA) is 108 Å². The molecule has 0 aliphatic carbocycles. The van der Waals surface area contributed by atoms with Gasteiger partial charge in [0.2, 0.25) is 5.91 Å². The molecule has 1 aliphatic rings. The van der Waals surface area contributed by atoms with Gasteiger partial charge in [0.05, 0.1) is 13.2 Å². The molecule has 1 fully saturated rings. The van der Waals surface area contributed by atoms with E-state index in [2.05, 4.69) is 5.32 Å². The van der Waals surface area contributed by atoms with Crippen molar-refractivity contribution >= 4 is 5.91 Å². The van der Waals surface area contributed by atoms with E-state index in [-0.39, 0.29) is 12.5 Å². The highest BCUT2D eigenvalue weighted by atomic mass is 16.7. The molecule has 22 heavy (non-hydrogen) atoms. The van der Waals surface area contributed by atoms with E-state index in [1.807, 2.05) is 30.3 Å². The van der Waals surface area contributed by atoms with Gasteiger partial charge in [0.15, 0.2) is 6.29 Å². The number of amides is 1. The first-order valence-corrected chi connectivity index (χ1v) is 7.08. The third kappa shape index (κ3) is 4.02. The molecule has 2 rings (SSSR count). The van der Waals surface area contributed by atoms with Gasteiger partial charge in [-0.1, -0.05) is 30.3 Å². The maximum Gasteiger partial charge on any atom is 0.217 e. The molecule has 1 saturated heterocycles. The minimum Gasteiger partial charge on any atom is -0.394 e. The second-order valence-electron chi connectivity index (χ2n) is 5.23. The van der Waals surface area contributed by atoms with Crippen molar-refractivity contribution in [2.75, 3.05) is 6.61 Å². The first kappa shape index (κ1) is 16.9. The molecule has 0 saturated carbocycles. The highest BCUT2D eigenvalue weighted by Crippen LogP contribution is 2.23. The van der Waals surface area contributed by atoms with Crippen LogP contribution >= 0.6 is 0 Å². The summed E-state index contributed by atoms with van der Waals surface area (Å²) in [7, 11) is 0. The zero-order valence-corrected chi connectivity index (χ0v) is 12.3. The minimum atomic E-state index is -1.31. The summed E-state index contributed by atoms with van der Waals surface area (Å²) in [6.07, 6.45) is -4.55. The summed E-state index contributed by atoms with van der Waals surface area (Å²) in [5.74, 6) is -0.379. The standard InChI is InChI=1S/C15H21NO6/c1-9(18)16-12-14(20)13(19)11(7-17)22-15(12)21-8-10-5-3-2-4-6-10/h2-6,11-15,17,19-20H,7-8H2,1H3,(H,16,18)/t11?,12?,13-,14-,15-/m1/s1. The van der Waals surface area contributed by atoms with Crippen LogP contribution < -0.4 is 5.32 Å². The Morgan fingerprint density at radius 3 is 2.55 bits per heavy atom. The van der Waals surface area contributed by atoms with E-state index < -0.39 is 37.3 Å². The number of ether oxygens (including phenoxy) is 2. The molecule has 1 amide bonds. The van der Waals surface area contributed by atoms with Crippen LogP contribution in [0.2, 0.25) is 0 Å². The Kier molecular flexibility index (Phi) is 5.87. The molecule has 7 nitrogen and oxygen atoms in total. The summed E-state index contributed by atoms with van der Waals surface area (Å²) in [5, 5.41) is 31.7. The third-order valence-corrected chi connectivity index (χ3v) is 3.51. The van der Waals surface area contributed by atoms with Crippen molar-refractivity contribution in [1.29, 1.82) is 0 Å². The molecule has 0 radical (unpaired) electrons. The van der Waals surface area contributed by atoms with Crippen LogP contribution in [-0.2, 0) is 20.9 Å². The monoisotopic (exact) mass is 311 g/mol. The van der Waals surface area contributed by atoms with Gasteiger partial charge < -0.3 is 30.1 Å². The average molecular weight is 311 g/mol. The summed E-state index contributed by atoms with van der Waals surface area (Å²) in [4.78, 5) is 11.3. The Morgan fingerprint density at radius 1 is 1.27 bits per heavy atom. The number of rotatable bonds is 5. The molecule has 5 atom stereocenters. The van der Waals surface area contributed by atoms with Crippen LogP contribution in [-0.4, -0.2) is 58.5 Å². The molecule has 0 aromatic heterocycles. The maximum atomic E-state index is 11.3. The van der Waals surface area contributed by atoms with Crippen LogP contribution in [0.15, 0.2) is 30.3 Å². The number of hydrogen-bond donors (Lipinski definition) is 4. The van der Waals surface area contributed by atoms with E-state index in [9.17, 15) is 20.1 Å². The number of carbonyl (C=O) groups is 1. The van der Waals surface area contributed by atoms with Gasteiger partial charge in [0.1, 0.15) is 24.4 Å². The number of hydrogen-bond acceptors (Lipinski definition) is 6. The van der Waals surface area contributed by atoms with Gasteiger partial charge in [-0.3, -0.25) is 4.79 Å². The van der Waals surface area contributed by atoms with Crippen LogP contribution in [0.4, 0.5) is 0 Å². The largest absolute Gasteiger partial charge is 0.394 e. The predicted molar refractivity (Wildman–Crippen MR) is 76.6 cm³/mol. The number of carbonyl (C=O) groups excluding carboxylic acids is 1. The van der Waals surface area contributed by atoms with Crippen molar-refractivity contribution in [1.82, 2.24) is 5.32 Å². The van der Waals surface area contributed by atoms with Gasteiger partial charge >= 0.3 is 0 Å². The quantitative estimate of drug-likeness (QED) is 0.564. The zero-order chi connectivity index (χ0) is 16.1. The molecule has 2 unspecified atom stereocenters. The van der Waals surface area contributed by atoms with Crippen molar-refractivity contribution in [3.63, 3.8) is 0 Å². The normalized spacial score (nSPS) is 31.7. The summed E-state index contributed by atoms with van der Waals surface area (Å²) in [6.45, 7) is 1.05. The van der Waals surface area contributed by atoms with Gasteiger partial charge in [-0.2, -0.15) is 0 Å². The Bertz CT molecular complexity index is 482. The lowest BCUT2D eigenvalue weighted by molar-refractivity contribution is -0.273. The van der Waals surface area contributed by atoms with Gasteiger partial charge in [0, 0.05) is 6.92 Å². The summed E-state index contributed by atoms with van der Waals surface area (Å²) < 4.78 is 11.1. The van der Waals surface area contributed by atoms with E-state index in [4.69, 9.17) is 9.47 Å². The SMILES string of the molecule is CC(=O)NC1[C@H](OCc2ccccc2)OC(CO)[C@@H](O)[C@@H]1O. The lowest BCUT2D eigenvalue weighted by Gasteiger charge is -2.42. The molecule has 1 aromatic rings. The number of aliphatic hydroxyl groups is 3. The zero-order valence-electron chi connectivity index (χ0n) is 12.3. The molecular weight excluding hydrogens is 290 g/mol. The fraction of sp³-hybridized carbons (Fsp3) is 0.533. The van der Waals surface area contributed by atoms with Gasteiger partial charge in [0.25, 0.3) is 0 Å². The molecule has 4 N–H and O–H groups in total. The first-order chi connectivity index (χ1) is 10.5. The van der Waals surface area contributed by atoms with Gasteiger partial charge in [-0.05, 0) is 5.56 Å². The van der Waals surface area contributed by atoms with E-state index >= 15 is 0 Å². The van der Waals surface area contributed by atoms with Crippen molar-refractivity contribution in [3.05, 3.63) is 35.9 Å². The third-order valence-electron chi connectivity index (χ3n) is 3.51. The highest BCUT2D eigenvalue weighted by Gasteiger charge is 2.45. The molecule has 0 bridgehead atoms. The summed E-state index contributed by atoms with van der Waals surface area (Å²) >= 11 is 0. The number of aliphatic hydroxyl groups excluding tert-OH is 3. The van der Waals surface area contributed by atoms with E-state index in [1.54, 1.807) is 0 Å². The second-order valence-corrected chi connectivity index (χ2v) is 5.23. The van der Waals surface area contributed by atoms with Crippen LogP contribution in [0.25, 0.3) is 0 Å². The highest BCUT2D eigenvalue weighted by molar-refractivity contribution is 5.73. The molecule has 122 valence electrons. The fourth-order valence-corrected chi connectivity index (χ4v) is 2.37. The summed E-state index contributed by atoms with van der Waals surface area (Å²) in [5.41, 5.74) is 0.897. The van der Waals surface area contributed by atoms with Gasteiger partial charge in [-0.15, -0.1) is 0 Å². The smallest absolute Gasteiger partial charge is 0.217 e. The van der Waals surface area contributed by atoms with Crippen LogP contribution in [0, 0.1) is 0 Å².